The molecule has 0 bridgehead atoms. The Balaban J connectivity index is 2.32. The molecule has 0 aliphatic rings. The Hall–Kier alpha value is -1.41. The van der Waals surface area contributed by atoms with Gasteiger partial charge in [0.25, 0.3) is 5.91 Å². The van der Waals surface area contributed by atoms with Crippen LogP contribution in [0.3, 0.4) is 0 Å². The SMILES string of the molecule is CN(Cc1ccccc1Br)C(=O)c1ccc(Cl)c(S(=O)(=O)N(C)C)c1. The standard InChI is InChI=1S/C17H18BrClN2O3S/c1-20(2)25(23,24)16-10-12(8-9-15(16)19)17(22)21(3)11-13-6-4-5-7-14(13)18/h4-10H,11H2,1-3H3. The van der Waals surface area contributed by atoms with Gasteiger partial charge in [-0.1, -0.05) is 45.7 Å². The number of carbonyl (C=O) groups excluding carboxylic acids is 1. The van der Waals surface area contributed by atoms with Crippen molar-refractivity contribution in [3.63, 3.8) is 0 Å². The number of halogens is 2. The molecule has 0 aliphatic heterocycles. The minimum absolute atomic E-state index is 0.0821. The molecule has 2 aromatic carbocycles. The summed E-state index contributed by atoms with van der Waals surface area (Å²) in [5.41, 5.74) is 1.22. The molecule has 2 rings (SSSR count). The Labute approximate surface area is 161 Å². The molecule has 0 N–H and O–H groups in total. The second-order valence-electron chi connectivity index (χ2n) is 5.69. The lowest BCUT2D eigenvalue weighted by molar-refractivity contribution is 0.0784. The minimum atomic E-state index is -3.73. The molecule has 0 atom stereocenters. The van der Waals surface area contributed by atoms with Gasteiger partial charge in [0.15, 0.2) is 0 Å². The molecule has 134 valence electrons. The fourth-order valence-electron chi connectivity index (χ4n) is 2.21. The molecule has 0 fully saturated rings. The maximum absolute atomic E-state index is 12.7. The maximum Gasteiger partial charge on any atom is 0.253 e. The molecule has 0 heterocycles. The highest BCUT2D eigenvalue weighted by Crippen LogP contribution is 2.26. The highest BCUT2D eigenvalue weighted by molar-refractivity contribution is 9.10. The number of carbonyl (C=O) groups is 1. The van der Waals surface area contributed by atoms with Crippen molar-refractivity contribution in [3.8, 4) is 0 Å². The quantitative estimate of drug-likeness (QED) is 0.706. The van der Waals surface area contributed by atoms with Crippen LogP contribution in [-0.4, -0.2) is 44.7 Å². The highest BCUT2D eigenvalue weighted by atomic mass is 79.9. The van der Waals surface area contributed by atoms with Crippen molar-refractivity contribution in [2.75, 3.05) is 21.1 Å². The van der Waals surface area contributed by atoms with Crippen LogP contribution in [0.2, 0.25) is 5.02 Å². The minimum Gasteiger partial charge on any atom is -0.337 e. The van der Waals surface area contributed by atoms with Crippen molar-refractivity contribution in [3.05, 3.63) is 63.1 Å². The molecule has 25 heavy (non-hydrogen) atoms. The molecule has 0 radical (unpaired) electrons. The Bertz CT molecular complexity index is 901. The van der Waals surface area contributed by atoms with E-state index in [4.69, 9.17) is 11.6 Å². The van der Waals surface area contributed by atoms with E-state index in [-0.39, 0.29) is 21.4 Å². The first-order valence-corrected chi connectivity index (χ1v) is 9.96. The molecule has 0 unspecified atom stereocenters. The summed E-state index contributed by atoms with van der Waals surface area (Å²) in [6.07, 6.45) is 0. The normalized spacial score (nSPS) is 11.6. The average molecular weight is 446 g/mol. The van der Waals surface area contributed by atoms with Gasteiger partial charge < -0.3 is 4.90 Å². The zero-order chi connectivity index (χ0) is 18.8. The summed E-state index contributed by atoms with van der Waals surface area (Å²) in [6, 6.07) is 11.9. The van der Waals surface area contributed by atoms with Gasteiger partial charge >= 0.3 is 0 Å². The zero-order valence-corrected chi connectivity index (χ0v) is 17.2. The van der Waals surface area contributed by atoms with Gasteiger partial charge in [0.1, 0.15) is 4.90 Å². The smallest absolute Gasteiger partial charge is 0.253 e. The zero-order valence-electron chi connectivity index (χ0n) is 14.0. The molecule has 0 spiro atoms. The average Bonchev–Trinajstić information content (AvgIpc) is 2.56. The van der Waals surface area contributed by atoms with Crippen LogP contribution >= 0.6 is 27.5 Å². The number of nitrogens with zero attached hydrogens (tertiary/aromatic N) is 2. The maximum atomic E-state index is 12.7. The second-order valence-corrected chi connectivity index (χ2v) is 9.07. The van der Waals surface area contributed by atoms with E-state index in [9.17, 15) is 13.2 Å². The van der Waals surface area contributed by atoms with Crippen LogP contribution in [0.25, 0.3) is 0 Å². The second kappa shape index (κ2) is 7.86. The molecule has 0 saturated carbocycles. The van der Waals surface area contributed by atoms with E-state index in [1.54, 1.807) is 7.05 Å². The molecule has 1 amide bonds. The first-order valence-electron chi connectivity index (χ1n) is 7.35. The Morgan fingerprint density at radius 2 is 1.76 bits per heavy atom. The van der Waals surface area contributed by atoms with Gasteiger partial charge in [0, 0.05) is 37.7 Å². The number of hydrogen-bond donors (Lipinski definition) is 0. The van der Waals surface area contributed by atoms with Crippen LogP contribution in [0.4, 0.5) is 0 Å². The number of sulfonamides is 1. The van der Waals surface area contributed by atoms with E-state index in [0.29, 0.717) is 6.54 Å². The van der Waals surface area contributed by atoms with E-state index in [0.717, 1.165) is 14.3 Å². The van der Waals surface area contributed by atoms with Crippen LogP contribution in [0.15, 0.2) is 51.8 Å². The van der Waals surface area contributed by atoms with Crippen LogP contribution < -0.4 is 0 Å². The van der Waals surface area contributed by atoms with Crippen molar-refractivity contribution in [1.82, 2.24) is 9.21 Å². The van der Waals surface area contributed by atoms with E-state index >= 15 is 0 Å². The fraction of sp³-hybridized carbons (Fsp3) is 0.235. The summed E-state index contributed by atoms with van der Waals surface area (Å²) in [4.78, 5) is 14.1. The van der Waals surface area contributed by atoms with Gasteiger partial charge in [-0.2, -0.15) is 0 Å². The van der Waals surface area contributed by atoms with Crippen molar-refractivity contribution in [2.24, 2.45) is 0 Å². The Morgan fingerprint density at radius 3 is 2.36 bits per heavy atom. The molecular formula is C17H18BrClN2O3S. The Kier molecular flexibility index (Phi) is 6.26. The van der Waals surface area contributed by atoms with Crippen molar-refractivity contribution < 1.29 is 13.2 Å². The van der Waals surface area contributed by atoms with Gasteiger partial charge in [-0.3, -0.25) is 4.79 Å². The van der Waals surface area contributed by atoms with E-state index in [1.165, 1.54) is 37.2 Å². The predicted octanol–water partition coefficient (Wildman–Crippen LogP) is 3.63. The van der Waals surface area contributed by atoms with Crippen LogP contribution in [0, 0.1) is 0 Å². The number of rotatable bonds is 5. The summed E-state index contributed by atoms with van der Waals surface area (Å²) in [6.45, 7) is 0.388. The fourth-order valence-corrected chi connectivity index (χ4v) is 4.01. The predicted molar refractivity (Wildman–Crippen MR) is 102 cm³/mol. The van der Waals surface area contributed by atoms with Gasteiger partial charge in [0.05, 0.1) is 5.02 Å². The van der Waals surface area contributed by atoms with Crippen LogP contribution in [-0.2, 0) is 16.6 Å². The molecule has 5 nitrogen and oxygen atoms in total. The molecule has 8 heteroatoms. The summed E-state index contributed by atoms with van der Waals surface area (Å²) in [5.74, 6) is -0.289. The van der Waals surface area contributed by atoms with Crippen LogP contribution in [0.5, 0.6) is 0 Å². The largest absolute Gasteiger partial charge is 0.337 e. The highest BCUT2D eigenvalue weighted by Gasteiger charge is 2.23. The number of amides is 1. The van der Waals surface area contributed by atoms with Gasteiger partial charge in [0.2, 0.25) is 10.0 Å². The number of benzene rings is 2. The van der Waals surface area contributed by atoms with Gasteiger partial charge in [-0.05, 0) is 29.8 Å². The summed E-state index contributed by atoms with van der Waals surface area (Å²) in [5, 5.41) is 0.0821. The summed E-state index contributed by atoms with van der Waals surface area (Å²) >= 11 is 9.48. The van der Waals surface area contributed by atoms with Crippen molar-refractivity contribution >= 4 is 43.5 Å². The molecule has 0 aromatic heterocycles. The number of hydrogen-bond acceptors (Lipinski definition) is 3. The van der Waals surface area contributed by atoms with Crippen molar-refractivity contribution in [2.45, 2.75) is 11.4 Å². The lowest BCUT2D eigenvalue weighted by Gasteiger charge is -2.19. The first kappa shape index (κ1) is 19.9. The topological polar surface area (TPSA) is 57.7 Å². The third-order valence-corrected chi connectivity index (χ3v) is 6.72. The molecule has 0 saturated heterocycles. The lowest BCUT2D eigenvalue weighted by atomic mass is 10.1. The van der Waals surface area contributed by atoms with Crippen molar-refractivity contribution in [1.29, 1.82) is 0 Å². The monoisotopic (exact) mass is 444 g/mol. The first-order chi connectivity index (χ1) is 11.6. The summed E-state index contributed by atoms with van der Waals surface area (Å²) < 4.78 is 26.7. The van der Waals surface area contributed by atoms with Crippen LogP contribution in [0.1, 0.15) is 15.9 Å². The van der Waals surface area contributed by atoms with Gasteiger partial charge in [-0.15, -0.1) is 0 Å². The summed E-state index contributed by atoms with van der Waals surface area (Å²) in [7, 11) is 0.763. The van der Waals surface area contributed by atoms with Gasteiger partial charge in [-0.25, -0.2) is 12.7 Å². The van der Waals surface area contributed by atoms with E-state index in [1.807, 2.05) is 24.3 Å². The molecule has 0 aliphatic carbocycles. The lowest BCUT2D eigenvalue weighted by Crippen LogP contribution is -2.27. The molecule has 2 aromatic rings. The van der Waals surface area contributed by atoms with E-state index in [2.05, 4.69) is 15.9 Å². The third-order valence-electron chi connectivity index (χ3n) is 3.65. The van der Waals surface area contributed by atoms with E-state index < -0.39 is 10.0 Å². The molecular weight excluding hydrogens is 428 g/mol. The Morgan fingerprint density at radius 1 is 1.12 bits per heavy atom. The third kappa shape index (κ3) is 4.41.